The maximum Gasteiger partial charge on any atom is 0.415 e. The standard InChI is InChI=1S/C55H55N7O12/c1-7-37-39-23-36(18-19-44(39)57-48-41(37)27-61-45(48)25-43-42(52(61)67)29-72-53(68)55(43,70)8-2)74-54(69)60(6)20-21-71-28-33(63)22-31-10-14-34(15-11-31)73-35-16-12-32(13-17-35)62-49(58-59-50(62)51(66)56-9-3)40-24-38(30(4)5)46(64)26-47(40)65/h10-19,23-26,30,64-65,70H,7-9,20-22,27-29H2,1-6H3,(H,56,66)/t55-/m0/s1. The fourth-order valence-corrected chi connectivity index (χ4v) is 9.34. The highest BCUT2D eigenvalue weighted by atomic mass is 16.6. The van der Waals surface area contributed by atoms with Crippen molar-refractivity contribution in [2.75, 3.05) is 33.4 Å². The van der Waals surface area contributed by atoms with E-state index in [-0.39, 0.29) is 97.3 Å². The minimum atomic E-state index is -1.93. The number of benzene rings is 4. The lowest BCUT2D eigenvalue weighted by Crippen LogP contribution is -2.44. The molecule has 0 spiro atoms. The molecule has 0 aliphatic carbocycles. The summed E-state index contributed by atoms with van der Waals surface area (Å²) in [6.45, 7) is 9.71. The van der Waals surface area contributed by atoms with E-state index >= 15 is 0 Å². The average molecular weight is 1010 g/mol. The largest absolute Gasteiger partial charge is 0.508 e. The van der Waals surface area contributed by atoms with Gasteiger partial charge in [-0.1, -0.05) is 39.8 Å². The highest BCUT2D eigenvalue weighted by Crippen LogP contribution is 2.42. The van der Waals surface area contributed by atoms with Crippen molar-refractivity contribution in [2.45, 2.75) is 78.6 Å². The molecule has 9 rings (SSSR count). The molecule has 19 heteroatoms. The molecule has 2 aliphatic heterocycles. The number of esters is 1. The van der Waals surface area contributed by atoms with Gasteiger partial charge in [-0.3, -0.25) is 19.0 Å². The molecule has 4 N–H and O–H groups in total. The van der Waals surface area contributed by atoms with Crippen LogP contribution in [0.1, 0.15) is 91.0 Å². The van der Waals surface area contributed by atoms with Crippen molar-refractivity contribution in [1.82, 2.24) is 34.5 Å². The van der Waals surface area contributed by atoms with Crippen molar-refractivity contribution in [2.24, 2.45) is 0 Å². The lowest BCUT2D eigenvalue weighted by atomic mass is 9.86. The van der Waals surface area contributed by atoms with Crippen LogP contribution in [0.5, 0.6) is 28.7 Å². The van der Waals surface area contributed by atoms with Gasteiger partial charge in [-0.25, -0.2) is 14.6 Å². The second-order valence-corrected chi connectivity index (χ2v) is 18.5. The van der Waals surface area contributed by atoms with Crippen LogP contribution in [0, 0.1) is 0 Å². The Morgan fingerprint density at radius 2 is 1.61 bits per heavy atom. The van der Waals surface area contributed by atoms with E-state index in [1.54, 1.807) is 104 Å². The molecule has 2 amide bonds. The average Bonchev–Trinajstić information content (AvgIpc) is 4.00. The van der Waals surface area contributed by atoms with Crippen molar-refractivity contribution < 1.29 is 53.4 Å². The Labute approximate surface area is 424 Å². The number of carbonyl (C=O) groups excluding carboxylic acids is 4. The molecule has 74 heavy (non-hydrogen) atoms. The second kappa shape index (κ2) is 20.6. The number of ketones is 1. The van der Waals surface area contributed by atoms with Crippen LogP contribution in [0.15, 0.2) is 89.7 Å². The molecule has 1 atom stereocenters. The summed E-state index contributed by atoms with van der Waals surface area (Å²) in [7, 11) is 1.57. The number of aromatic nitrogens is 5. The lowest BCUT2D eigenvalue weighted by Gasteiger charge is -2.31. The topological polar surface area (TPSA) is 247 Å². The molecule has 0 bridgehead atoms. The number of ether oxygens (including phenoxy) is 4. The minimum absolute atomic E-state index is 0.00435. The zero-order valence-corrected chi connectivity index (χ0v) is 41.7. The number of hydrogen-bond donors (Lipinski definition) is 4. The fraction of sp³-hybridized carbons (Fsp3) is 0.309. The lowest BCUT2D eigenvalue weighted by molar-refractivity contribution is -0.172. The second-order valence-electron chi connectivity index (χ2n) is 18.5. The van der Waals surface area contributed by atoms with E-state index in [9.17, 15) is 39.3 Å². The number of aromatic hydroxyl groups is 2. The predicted molar refractivity (Wildman–Crippen MR) is 271 cm³/mol. The summed E-state index contributed by atoms with van der Waals surface area (Å²) in [6, 6.07) is 23.6. The number of likely N-dealkylation sites (N-methyl/N-ethyl adjacent to an activating group) is 1. The van der Waals surface area contributed by atoms with Crippen molar-refractivity contribution in [3.8, 4) is 57.2 Å². The first-order chi connectivity index (χ1) is 35.5. The summed E-state index contributed by atoms with van der Waals surface area (Å²) in [5.41, 5.74) is 3.84. The Balaban J connectivity index is 0.774. The van der Waals surface area contributed by atoms with Crippen LogP contribution in [-0.2, 0) is 50.7 Å². The number of fused-ring (bicyclic) bond motifs is 5. The summed E-state index contributed by atoms with van der Waals surface area (Å²) in [5, 5.41) is 44.5. The predicted octanol–water partition coefficient (Wildman–Crippen LogP) is 7.23. The number of nitrogens with one attached hydrogen (secondary N) is 1. The molecule has 0 unspecified atom stereocenters. The zero-order valence-electron chi connectivity index (χ0n) is 41.7. The number of pyridine rings is 2. The molecular weight excluding hydrogens is 951 g/mol. The Hall–Kier alpha value is -8.42. The monoisotopic (exact) mass is 1010 g/mol. The Morgan fingerprint density at radius 3 is 2.30 bits per heavy atom. The highest BCUT2D eigenvalue weighted by Gasteiger charge is 2.45. The van der Waals surface area contributed by atoms with E-state index in [4.69, 9.17) is 23.9 Å². The van der Waals surface area contributed by atoms with E-state index < -0.39 is 23.6 Å². The number of aryl methyl sites for hydroxylation is 1. The van der Waals surface area contributed by atoms with Gasteiger partial charge in [0.2, 0.25) is 5.82 Å². The first-order valence-electron chi connectivity index (χ1n) is 24.3. The number of Topliss-reactive ketones (excluding diaryl/α,β-unsaturated/α-hetero) is 1. The Bertz CT molecular complexity index is 3420. The van der Waals surface area contributed by atoms with Gasteiger partial charge >= 0.3 is 12.1 Å². The smallest absolute Gasteiger partial charge is 0.415 e. The normalized spacial score (nSPS) is 14.6. The number of cyclic esters (lactones) is 1. The van der Waals surface area contributed by atoms with Gasteiger partial charge in [0, 0.05) is 54.8 Å². The molecule has 5 heterocycles. The molecule has 3 aromatic heterocycles. The highest BCUT2D eigenvalue weighted by molar-refractivity contribution is 5.93. The maximum absolute atomic E-state index is 13.7. The molecule has 0 radical (unpaired) electrons. The van der Waals surface area contributed by atoms with Gasteiger partial charge in [0.15, 0.2) is 17.2 Å². The molecule has 4 aromatic carbocycles. The third-order valence-electron chi connectivity index (χ3n) is 13.3. The van der Waals surface area contributed by atoms with Gasteiger partial charge in [-0.2, -0.15) is 0 Å². The molecular formula is C55H55N7O12. The summed E-state index contributed by atoms with van der Waals surface area (Å²) in [5.74, 6) is -0.241. The van der Waals surface area contributed by atoms with Crippen LogP contribution in [0.25, 0.3) is 39.4 Å². The Kier molecular flexibility index (Phi) is 14.1. The van der Waals surface area contributed by atoms with Crippen LogP contribution >= 0.6 is 0 Å². The van der Waals surface area contributed by atoms with Crippen LogP contribution in [0.4, 0.5) is 4.79 Å². The minimum Gasteiger partial charge on any atom is -0.508 e. The van der Waals surface area contributed by atoms with E-state index in [1.807, 2.05) is 20.8 Å². The number of hydrogen-bond acceptors (Lipinski definition) is 15. The summed E-state index contributed by atoms with van der Waals surface area (Å²) >= 11 is 0. The molecule has 2 aliphatic rings. The number of phenolic OH excluding ortho intramolecular Hbond substituents is 2. The van der Waals surface area contributed by atoms with E-state index in [1.165, 1.54) is 15.5 Å². The number of aliphatic hydroxyl groups is 1. The van der Waals surface area contributed by atoms with Gasteiger partial charge in [0.05, 0.1) is 41.2 Å². The number of carbonyl (C=O) groups is 4. The van der Waals surface area contributed by atoms with Gasteiger partial charge in [0.1, 0.15) is 42.0 Å². The molecule has 382 valence electrons. The summed E-state index contributed by atoms with van der Waals surface area (Å²) in [4.78, 5) is 71.7. The van der Waals surface area contributed by atoms with Crippen molar-refractivity contribution in [3.05, 3.63) is 134 Å². The van der Waals surface area contributed by atoms with Crippen molar-refractivity contribution >= 4 is 34.7 Å². The molecule has 19 nitrogen and oxygen atoms in total. The first kappa shape index (κ1) is 50.5. The number of amides is 2. The summed E-state index contributed by atoms with van der Waals surface area (Å²) < 4.78 is 25.8. The SMILES string of the molecule is CCNC(=O)c1nnc(-c2cc(C(C)C)c(O)cc2O)n1-c1ccc(Oc2ccc(CC(=O)COCCN(C)C(=O)Oc3ccc4nc5c(c(CC)c4c3)Cn3c-5cc4c(c3=O)COC(=O)[C@]4(O)CC)cc2)cc1. The molecule has 7 aromatic rings. The molecule has 0 saturated carbocycles. The number of rotatable bonds is 17. The van der Waals surface area contributed by atoms with Gasteiger partial charge in [-0.15, -0.1) is 10.2 Å². The maximum atomic E-state index is 13.7. The summed E-state index contributed by atoms with van der Waals surface area (Å²) in [6.07, 6.45) is 0.113. The first-order valence-corrected chi connectivity index (χ1v) is 24.3. The third-order valence-corrected chi connectivity index (χ3v) is 13.3. The van der Waals surface area contributed by atoms with Crippen LogP contribution in [0.3, 0.4) is 0 Å². The molecule has 0 saturated heterocycles. The molecule has 0 fully saturated rings. The number of nitrogens with zero attached hydrogens (tertiary/aromatic N) is 6. The fourth-order valence-electron chi connectivity index (χ4n) is 9.34. The van der Waals surface area contributed by atoms with Crippen LogP contribution in [0.2, 0.25) is 0 Å². The van der Waals surface area contributed by atoms with Crippen LogP contribution < -0.4 is 20.3 Å². The Morgan fingerprint density at radius 1 is 0.892 bits per heavy atom. The van der Waals surface area contributed by atoms with Crippen molar-refractivity contribution in [1.29, 1.82) is 0 Å². The van der Waals surface area contributed by atoms with E-state index in [2.05, 4.69) is 15.5 Å². The number of phenols is 2. The van der Waals surface area contributed by atoms with Gasteiger partial charge in [0.25, 0.3) is 11.5 Å². The van der Waals surface area contributed by atoms with Gasteiger partial charge in [-0.05, 0) is 109 Å². The quantitative estimate of drug-likeness (QED) is 0.0519. The van der Waals surface area contributed by atoms with Crippen LogP contribution in [-0.4, -0.2) is 102 Å². The van der Waals surface area contributed by atoms with E-state index in [0.29, 0.717) is 63.9 Å². The van der Waals surface area contributed by atoms with Crippen molar-refractivity contribution in [3.63, 3.8) is 0 Å². The van der Waals surface area contributed by atoms with Gasteiger partial charge < -0.3 is 49.1 Å². The zero-order chi connectivity index (χ0) is 52.6. The van der Waals surface area contributed by atoms with E-state index in [0.717, 1.165) is 22.1 Å². The third kappa shape index (κ3) is 9.54.